The Bertz CT molecular complexity index is 596. The van der Waals surface area contributed by atoms with Gasteiger partial charge < -0.3 is 10.2 Å². The average Bonchev–Trinajstić information content (AvgIpc) is 3.04. The van der Waals surface area contributed by atoms with E-state index in [0.717, 1.165) is 30.9 Å². The topological polar surface area (TPSA) is 52.7 Å². The monoisotopic (exact) mass is 329 g/mol. The van der Waals surface area contributed by atoms with Crippen molar-refractivity contribution in [2.45, 2.75) is 39.2 Å². The number of hydrogen-bond donors (Lipinski definition) is 1. The molecule has 2 amide bonds. The quantitative estimate of drug-likeness (QED) is 0.903. The fourth-order valence-corrected chi connectivity index (χ4v) is 3.80. The van der Waals surface area contributed by atoms with Gasteiger partial charge in [-0.05, 0) is 30.4 Å². The zero-order chi connectivity index (χ0) is 16.9. The van der Waals surface area contributed by atoms with Crippen LogP contribution in [0.2, 0.25) is 0 Å². The van der Waals surface area contributed by atoms with Crippen molar-refractivity contribution in [1.29, 1.82) is 0 Å². The number of nitrogens with zero attached hydrogens (tertiary/aromatic N) is 2. The summed E-state index contributed by atoms with van der Waals surface area (Å²) in [5.41, 5.74) is 1.90. The molecule has 2 aliphatic rings. The number of nitrogens with one attached hydrogen (secondary N) is 1. The van der Waals surface area contributed by atoms with E-state index in [2.05, 4.69) is 10.2 Å². The van der Waals surface area contributed by atoms with Gasteiger partial charge in [0.2, 0.25) is 11.8 Å². The number of anilines is 1. The molecule has 1 aliphatic carbocycles. The molecule has 130 valence electrons. The standard InChI is InChI=1S/C19H27N3O2/c1-15(23)20-18-9-5-4-8-17(18)13-21-10-11-22(19(24)14-21)12-16-6-2-3-7-16/h4-5,8-9,16H,2-3,6-7,10-14H2,1H3,(H,20,23). The van der Waals surface area contributed by atoms with Gasteiger partial charge in [-0.15, -0.1) is 0 Å². The Balaban J connectivity index is 1.56. The molecular weight excluding hydrogens is 302 g/mol. The maximum Gasteiger partial charge on any atom is 0.236 e. The first-order valence-corrected chi connectivity index (χ1v) is 8.97. The number of benzene rings is 1. The van der Waals surface area contributed by atoms with E-state index in [1.807, 2.05) is 29.2 Å². The lowest BCUT2D eigenvalue weighted by Gasteiger charge is -2.35. The van der Waals surface area contributed by atoms with Gasteiger partial charge in [0.15, 0.2) is 0 Å². The largest absolute Gasteiger partial charge is 0.340 e. The van der Waals surface area contributed by atoms with Crippen LogP contribution in [0.3, 0.4) is 0 Å². The Labute approximate surface area is 144 Å². The number of piperazine rings is 1. The van der Waals surface area contributed by atoms with E-state index in [1.54, 1.807) is 0 Å². The molecular formula is C19H27N3O2. The fourth-order valence-electron chi connectivity index (χ4n) is 3.80. The molecule has 0 unspecified atom stereocenters. The molecule has 5 nitrogen and oxygen atoms in total. The zero-order valence-electron chi connectivity index (χ0n) is 14.5. The third kappa shape index (κ3) is 4.35. The number of carbonyl (C=O) groups excluding carboxylic acids is 2. The van der Waals surface area contributed by atoms with Crippen LogP contribution in [0.4, 0.5) is 5.69 Å². The van der Waals surface area contributed by atoms with E-state index in [4.69, 9.17) is 0 Å². The van der Waals surface area contributed by atoms with Gasteiger partial charge in [-0.1, -0.05) is 31.0 Å². The Hall–Kier alpha value is -1.88. The maximum atomic E-state index is 12.5. The molecule has 0 aromatic heterocycles. The third-order valence-electron chi connectivity index (χ3n) is 5.07. The molecule has 1 saturated heterocycles. The Kier molecular flexibility index (Phi) is 5.51. The summed E-state index contributed by atoms with van der Waals surface area (Å²) in [6, 6.07) is 7.81. The van der Waals surface area contributed by atoms with Crippen LogP contribution >= 0.6 is 0 Å². The average molecular weight is 329 g/mol. The highest BCUT2D eigenvalue weighted by Gasteiger charge is 2.27. The number of rotatable bonds is 5. The van der Waals surface area contributed by atoms with Crippen LogP contribution in [0.5, 0.6) is 0 Å². The molecule has 1 aromatic carbocycles. The van der Waals surface area contributed by atoms with Gasteiger partial charge in [0.1, 0.15) is 0 Å². The van der Waals surface area contributed by atoms with Gasteiger partial charge in [-0.3, -0.25) is 14.5 Å². The van der Waals surface area contributed by atoms with Crippen LogP contribution in [-0.4, -0.2) is 47.8 Å². The smallest absolute Gasteiger partial charge is 0.236 e. The molecule has 5 heteroatoms. The molecule has 0 radical (unpaired) electrons. The second-order valence-corrected chi connectivity index (χ2v) is 7.04. The van der Waals surface area contributed by atoms with E-state index < -0.39 is 0 Å². The number of hydrogen-bond acceptors (Lipinski definition) is 3. The first-order chi connectivity index (χ1) is 11.6. The minimum absolute atomic E-state index is 0.0695. The molecule has 0 spiro atoms. The fraction of sp³-hybridized carbons (Fsp3) is 0.579. The molecule has 1 aromatic rings. The van der Waals surface area contributed by atoms with Gasteiger partial charge in [0, 0.05) is 38.8 Å². The second kappa shape index (κ2) is 7.79. The van der Waals surface area contributed by atoms with Crippen molar-refractivity contribution < 1.29 is 9.59 Å². The molecule has 1 heterocycles. The van der Waals surface area contributed by atoms with Crippen molar-refractivity contribution in [3.63, 3.8) is 0 Å². The van der Waals surface area contributed by atoms with Crippen molar-refractivity contribution in [2.24, 2.45) is 5.92 Å². The van der Waals surface area contributed by atoms with E-state index in [9.17, 15) is 9.59 Å². The molecule has 0 bridgehead atoms. The van der Waals surface area contributed by atoms with Gasteiger partial charge in [-0.2, -0.15) is 0 Å². The molecule has 1 N–H and O–H groups in total. The second-order valence-electron chi connectivity index (χ2n) is 7.04. The lowest BCUT2D eigenvalue weighted by Crippen LogP contribution is -2.51. The van der Waals surface area contributed by atoms with E-state index in [1.165, 1.54) is 32.6 Å². The summed E-state index contributed by atoms with van der Waals surface area (Å²) in [6.45, 7) is 5.34. The summed E-state index contributed by atoms with van der Waals surface area (Å²) in [7, 11) is 0. The van der Waals surface area contributed by atoms with Crippen LogP contribution in [0.25, 0.3) is 0 Å². The summed E-state index contributed by atoms with van der Waals surface area (Å²) in [4.78, 5) is 28.0. The summed E-state index contributed by atoms with van der Waals surface area (Å²) in [5, 5.41) is 2.87. The van der Waals surface area contributed by atoms with E-state index >= 15 is 0 Å². The third-order valence-corrected chi connectivity index (χ3v) is 5.07. The van der Waals surface area contributed by atoms with Crippen LogP contribution in [0.15, 0.2) is 24.3 Å². The highest BCUT2D eigenvalue weighted by atomic mass is 16.2. The minimum atomic E-state index is -0.0695. The Morgan fingerprint density at radius 3 is 2.67 bits per heavy atom. The normalized spacial score (nSPS) is 19.7. The predicted molar refractivity (Wildman–Crippen MR) is 94.6 cm³/mol. The lowest BCUT2D eigenvalue weighted by molar-refractivity contribution is -0.136. The molecule has 24 heavy (non-hydrogen) atoms. The first kappa shape index (κ1) is 17.0. The van der Waals surface area contributed by atoms with Crippen LogP contribution < -0.4 is 5.32 Å². The summed E-state index contributed by atoms with van der Waals surface area (Å²) >= 11 is 0. The number of amides is 2. The van der Waals surface area contributed by atoms with Gasteiger partial charge >= 0.3 is 0 Å². The number of para-hydroxylation sites is 1. The van der Waals surface area contributed by atoms with E-state index in [-0.39, 0.29) is 11.8 Å². The van der Waals surface area contributed by atoms with Crippen molar-refractivity contribution >= 4 is 17.5 Å². The molecule has 2 fully saturated rings. The Morgan fingerprint density at radius 1 is 1.21 bits per heavy atom. The van der Waals surface area contributed by atoms with Gasteiger partial charge in [0.05, 0.1) is 6.54 Å². The van der Waals surface area contributed by atoms with Crippen molar-refractivity contribution in [3.05, 3.63) is 29.8 Å². The summed E-state index contributed by atoms with van der Waals surface area (Å²) in [5.74, 6) is 0.881. The summed E-state index contributed by atoms with van der Waals surface area (Å²) < 4.78 is 0. The first-order valence-electron chi connectivity index (χ1n) is 8.97. The molecule has 1 aliphatic heterocycles. The molecule has 0 atom stereocenters. The number of carbonyl (C=O) groups is 2. The maximum absolute atomic E-state index is 12.5. The Morgan fingerprint density at radius 2 is 1.96 bits per heavy atom. The van der Waals surface area contributed by atoms with E-state index in [0.29, 0.717) is 19.0 Å². The minimum Gasteiger partial charge on any atom is -0.340 e. The zero-order valence-corrected chi connectivity index (χ0v) is 14.5. The highest BCUT2D eigenvalue weighted by Crippen LogP contribution is 2.26. The highest BCUT2D eigenvalue weighted by molar-refractivity contribution is 5.89. The summed E-state index contributed by atoms with van der Waals surface area (Å²) in [6.07, 6.45) is 5.19. The van der Waals surface area contributed by atoms with Crippen LogP contribution in [-0.2, 0) is 16.1 Å². The van der Waals surface area contributed by atoms with Crippen LogP contribution in [0.1, 0.15) is 38.2 Å². The lowest BCUT2D eigenvalue weighted by atomic mass is 10.1. The molecule has 3 rings (SSSR count). The van der Waals surface area contributed by atoms with Crippen molar-refractivity contribution in [1.82, 2.24) is 9.80 Å². The predicted octanol–water partition coefficient (Wildman–Crippen LogP) is 2.48. The van der Waals surface area contributed by atoms with Crippen molar-refractivity contribution in [3.8, 4) is 0 Å². The van der Waals surface area contributed by atoms with Gasteiger partial charge in [-0.25, -0.2) is 0 Å². The van der Waals surface area contributed by atoms with Crippen molar-refractivity contribution in [2.75, 3.05) is 31.5 Å². The van der Waals surface area contributed by atoms with Crippen LogP contribution in [0, 0.1) is 5.92 Å². The van der Waals surface area contributed by atoms with Gasteiger partial charge in [0.25, 0.3) is 0 Å². The molecule has 1 saturated carbocycles. The SMILES string of the molecule is CC(=O)Nc1ccccc1CN1CCN(CC2CCCC2)C(=O)C1.